The second-order valence-electron chi connectivity index (χ2n) is 4.44. The Hall–Kier alpha value is -1.96. The number of ketones is 2. The monoisotopic (exact) mass is 240 g/mol. The van der Waals surface area contributed by atoms with Gasteiger partial charge in [-0.2, -0.15) is 0 Å². The average Bonchev–Trinajstić information content (AvgIpc) is 2.40. The highest BCUT2D eigenvalue weighted by Gasteiger charge is 2.12. The lowest BCUT2D eigenvalue weighted by atomic mass is 9.98. The van der Waals surface area contributed by atoms with E-state index >= 15 is 0 Å². The Balaban J connectivity index is 1.90. The van der Waals surface area contributed by atoms with Gasteiger partial charge in [-0.15, -0.1) is 0 Å². The van der Waals surface area contributed by atoms with Gasteiger partial charge >= 0.3 is 0 Å². The molecule has 0 heterocycles. The van der Waals surface area contributed by atoms with Crippen LogP contribution in [0.15, 0.2) is 54.1 Å². The Morgan fingerprint density at radius 2 is 1.83 bits per heavy atom. The molecule has 92 valence electrons. The maximum Gasteiger partial charge on any atom is 0.170 e. The molecule has 0 saturated carbocycles. The van der Waals surface area contributed by atoms with Crippen LogP contribution in [0, 0.1) is 0 Å². The van der Waals surface area contributed by atoms with Crippen LogP contribution in [-0.2, 0) is 4.79 Å². The first-order chi connectivity index (χ1) is 8.75. The Bertz CT molecular complexity index is 495. The van der Waals surface area contributed by atoms with Crippen molar-refractivity contribution < 1.29 is 9.59 Å². The molecule has 18 heavy (non-hydrogen) atoms. The minimum absolute atomic E-state index is 0.00477. The molecule has 2 nitrogen and oxygen atoms in total. The number of Topliss-reactive ketones (excluding diaryl/α,β-unsaturated/α-hetero) is 2. The number of benzene rings is 1. The minimum atomic E-state index is -0.0963. The maximum atomic E-state index is 11.8. The normalized spacial score (nSPS) is 14.1. The predicted octanol–water partition coefficient (Wildman–Crippen LogP) is 3.50. The molecule has 2 rings (SSSR count). The summed E-state index contributed by atoms with van der Waals surface area (Å²) in [5.74, 6) is -0.109. The Labute approximate surface area is 107 Å². The van der Waals surface area contributed by atoms with Crippen LogP contribution in [-0.4, -0.2) is 11.6 Å². The largest absolute Gasteiger partial charge is 0.299 e. The van der Waals surface area contributed by atoms with E-state index in [4.69, 9.17) is 0 Å². The second kappa shape index (κ2) is 6.10. The number of hydrogen-bond acceptors (Lipinski definition) is 2. The van der Waals surface area contributed by atoms with Crippen molar-refractivity contribution >= 4 is 11.6 Å². The first-order valence-corrected chi connectivity index (χ1v) is 6.21. The molecule has 0 N–H and O–H groups in total. The van der Waals surface area contributed by atoms with Gasteiger partial charge in [-0.05, 0) is 18.4 Å². The van der Waals surface area contributed by atoms with Gasteiger partial charge in [-0.1, -0.05) is 48.6 Å². The lowest BCUT2D eigenvalue weighted by molar-refractivity contribution is -0.117. The molecule has 0 bridgehead atoms. The SMILES string of the molecule is O=C(CC(=O)c1ccccc1)CC1=CCCC=C1. The lowest BCUT2D eigenvalue weighted by Crippen LogP contribution is -2.08. The van der Waals surface area contributed by atoms with Gasteiger partial charge < -0.3 is 0 Å². The molecule has 1 aliphatic rings. The highest BCUT2D eigenvalue weighted by atomic mass is 16.1. The maximum absolute atomic E-state index is 11.8. The number of hydrogen-bond donors (Lipinski definition) is 0. The molecule has 1 aromatic rings. The minimum Gasteiger partial charge on any atom is -0.299 e. The predicted molar refractivity (Wildman–Crippen MR) is 71.5 cm³/mol. The fourth-order valence-electron chi connectivity index (χ4n) is 1.99. The molecule has 0 fully saturated rings. The zero-order valence-corrected chi connectivity index (χ0v) is 10.3. The highest BCUT2D eigenvalue weighted by Crippen LogP contribution is 2.15. The van der Waals surface area contributed by atoms with E-state index < -0.39 is 0 Å². The van der Waals surface area contributed by atoms with Crippen LogP contribution in [0.1, 0.15) is 36.0 Å². The Morgan fingerprint density at radius 1 is 1.06 bits per heavy atom. The zero-order chi connectivity index (χ0) is 12.8. The van der Waals surface area contributed by atoms with Gasteiger partial charge in [0.2, 0.25) is 0 Å². The van der Waals surface area contributed by atoms with Crippen molar-refractivity contribution in [2.24, 2.45) is 0 Å². The summed E-state index contributed by atoms with van der Waals surface area (Å²) in [6, 6.07) is 8.97. The van der Waals surface area contributed by atoms with Crippen LogP contribution in [0.25, 0.3) is 0 Å². The van der Waals surface area contributed by atoms with Crippen molar-refractivity contribution in [1.29, 1.82) is 0 Å². The Kier molecular flexibility index (Phi) is 4.24. The van der Waals surface area contributed by atoms with Gasteiger partial charge in [0.25, 0.3) is 0 Å². The molecule has 0 amide bonds. The van der Waals surface area contributed by atoms with Gasteiger partial charge in [-0.25, -0.2) is 0 Å². The van der Waals surface area contributed by atoms with Crippen molar-refractivity contribution in [1.82, 2.24) is 0 Å². The summed E-state index contributed by atoms with van der Waals surface area (Å²) in [6.45, 7) is 0. The number of allylic oxidation sites excluding steroid dienone is 4. The van der Waals surface area contributed by atoms with Gasteiger partial charge in [0, 0.05) is 12.0 Å². The molecule has 1 aromatic carbocycles. The van der Waals surface area contributed by atoms with Gasteiger partial charge in [0.15, 0.2) is 5.78 Å². The van der Waals surface area contributed by atoms with E-state index in [9.17, 15) is 9.59 Å². The number of carbonyl (C=O) groups is 2. The van der Waals surface area contributed by atoms with Crippen molar-refractivity contribution in [3.8, 4) is 0 Å². The third-order valence-electron chi connectivity index (χ3n) is 2.93. The van der Waals surface area contributed by atoms with Crippen LogP contribution < -0.4 is 0 Å². The summed E-state index contributed by atoms with van der Waals surface area (Å²) in [7, 11) is 0. The van der Waals surface area contributed by atoms with Crippen molar-refractivity contribution in [2.45, 2.75) is 25.7 Å². The van der Waals surface area contributed by atoms with Crippen LogP contribution in [0.4, 0.5) is 0 Å². The second-order valence-corrected chi connectivity index (χ2v) is 4.44. The summed E-state index contributed by atoms with van der Waals surface area (Å²) < 4.78 is 0. The zero-order valence-electron chi connectivity index (χ0n) is 10.3. The fourth-order valence-corrected chi connectivity index (χ4v) is 1.99. The molecular weight excluding hydrogens is 224 g/mol. The highest BCUT2D eigenvalue weighted by molar-refractivity contribution is 6.08. The molecule has 0 spiro atoms. The number of rotatable bonds is 5. The smallest absolute Gasteiger partial charge is 0.170 e. The average molecular weight is 240 g/mol. The van der Waals surface area contributed by atoms with Crippen LogP contribution in [0.3, 0.4) is 0 Å². The number of carbonyl (C=O) groups excluding carboxylic acids is 2. The first-order valence-electron chi connectivity index (χ1n) is 6.21. The van der Waals surface area contributed by atoms with Crippen molar-refractivity contribution in [3.63, 3.8) is 0 Å². The molecule has 1 aliphatic carbocycles. The molecule has 0 aromatic heterocycles. The van der Waals surface area contributed by atoms with E-state index in [1.165, 1.54) is 0 Å². The lowest BCUT2D eigenvalue weighted by Gasteiger charge is -2.06. The third kappa shape index (κ3) is 3.52. The molecule has 0 radical (unpaired) electrons. The molecule has 0 saturated heterocycles. The molecule has 0 unspecified atom stereocenters. The third-order valence-corrected chi connectivity index (χ3v) is 2.93. The van der Waals surface area contributed by atoms with E-state index in [0.29, 0.717) is 12.0 Å². The molecular formula is C16H16O2. The summed E-state index contributed by atoms with van der Waals surface area (Å²) in [5.41, 5.74) is 1.64. The van der Waals surface area contributed by atoms with Crippen LogP contribution in [0.2, 0.25) is 0 Å². The van der Waals surface area contributed by atoms with Crippen LogP contribution in [0.5, 0.6) is 0 Å². The van der Waals surface area contributed by atoms with E-state index in [2.05, 4.69) is 12.2 Å². The first kappa shape index (κ1) is 12.5. The van der Waals surface area contributed by atoms with Gasteiger partial charge in [-0.3, -0.25) is 9.59 Å². The van der Waals surface area contributed by atoms with E-state index in [0.717, 1.165) is 18.4 Å². The fraction of sp³-hybridized carbons (Fsp3) is 0.250. The summed E-state index contributed by atoms with van der Waals surface area (Å²) in [5, 5.41) is 0. The van der Waals surface area contributed by atoms with Gasteiger partial charge in [0.1, 0.15) is 5.78 Å². The van der Waals surface area contributed by atoms with E-state index in [-0.39, 0.29) is 18.0 Å². The van der Waals surface area contributed by atoms with E-state index in [1.807, 2.05) is 24.3 Å². The van der Waals surface area contributed by atoms with Crippen molar-refractivity contribution in [2.75, 3.05) is 0 Å². The summed E-state index contributed by atoms with van der Waals surface area (Å²) >= 11 is 0. The standard InChI is InChI=1S/C16H16O2/c17-15(11-13-7-3-1-4-8-13)12-16(18)14-9-5-2-6-10-14/h2-3,5-10H,1,4,11-12H2. The Morgan fingerprint density at radius 3 is 2.50 bits per heavy atom. The molecule has 0 aliphatic heterocycles. The molecule has 0 atom stereocenters. The quantitative estimate of drug-likeness (QED) is 0.583. The van der Waals surface area contributed by atoms with Crippen molar-refractivity contribution in [3.05, 3.63) is 59.7 Å². The summed E-state index contributed by atoms with van der Waals surface area (Å²) in [6.07, 6.45) is 8.53. The topological polar surface area (TPSA) is 34.1 Å². The van der Waals surface area contributed by atoms with E-state index in [1.54, 1.807) is 12.1 Å². The van der Waals surface area contributed by atoms with Gasteiger partial charge in [0.05, 0.1) is 6.42 Å². The molecule has 2 heteroatoms. The summed E-state index contributed by atoms with van der Waals surface area (Å²) in [4.78, 5) is 23.6. The van der Waals surface area contributed by atoms with Crippen LogP contribution >= 0.6 is 0 Å².